The van der Waals surface area contributed by atoms with Gasteiger partial charge in [0.05, 0.1) is 5.02 Å². The fourth-order valence-electron chi connectivity index (χ4n) is 2.65. The van der Waals surface area contributed by atoms with Gasteiger partial charge in [0.15, 0.2) is 0 Å². The smallest absolute Gasteiger partial charge is 0.271 e. The van der Waals surface area contributed by atoms with Crippen LogP contribution < -0.4 is 5.32 Å². The highest BCUT2D eigenvalue weighted by Gasteiger charge is 2.22. The van der Waals surface area contributed by atoms with E-state index in [1.165, 1.54) is 11.1 Å². The molecule has 0 saturated heterocycles. The van der Waals surface area contributed by atoms with Crippen LogP contribution in [0, 0.1) is 0 Å². The number of fused-ring (bicyclic) bond motifs is 1. The number of pyridine rings is 1. The van der Waals surface area contributed by atoms with Crippen LogP contribution in [-0.2, 0) is 12.8 Å². The largest absolute Gasteiger partial charge is 0.348 e. The molecule has 2 aromatic rings. The molecule has 3 rings (SSSR count). The Bertz CT molecular complexity index is 688. The average molecular weight is 321 g/mol. The van der Waals surface area contributed by atoms with E-state index >= 15 is 0 Å². The average Bonchev–Trinajstić information content (AvgIpc) is 2.49. The van der Waals surface area contributed by atoms with E-state index in [4.69, 9.17) is 23.2 Å². The van der Waals surface area contributed by atoms with Gasteiger partial charge in [0.2, 0.25) is 0 Å². The standard InChI is InChI=1S/C16H14Cl2N2O/c17-13-7-8-14(18)20-15(13)16(21)19-12-6-5-10-3-1-2-4-11(10)9-12/h1-4,7-8,12H,5-6,9H2,(H,19,21). The molecule has 1 atom stereocenters. The fourth-order valence-corrected chi connectivity index (χ4v) is 2.99. The molecule has 0 saturated carbocycles. The number of nitrogens with zero attached hydrogens (tertiary/aromatic N) is 1. The Morgan fingerprint density at radius 1 is 1.14 bits per heavy atom. The van der Waals surface area contributed by atoms with Gasteiger partial charge in [-0.15, -0.1) is 0 Å². The summed E-state index contributed by atoms with van der Waals surface area (Å²) in [5.41, 5.74) is 2.84. The van der Waals surface area contributed by atoms with E-state index in [1.54, 1.807) is 12.1 Å². The van der Waals surface area contributed by atoms with Crippen molar-refractivity contribution in [3.8, 4) is 0 Å². The van der Waals surface area contributed by atoms with Gasteiger partial charge in [-0.2, -0.15) is 0 Å². The number of benzene rings is 1. The molecule has 0 aliphatic heterocycles. The third-order valence-electron chi connectivity index (χ3n) is 3.71. The predicted molar refractivity (Wildman–Crippen MR) is 84.0 cm³/mol. The van der Waals surface area contributed by atoms with E-state index in [2.05, 4.69) is 22.4 Å². The van der Waals surface area contributed by atoms with Crippen LogP contribution in [0.2, 0.25) is 10.2 Å². The number of rotatable bonds is 2. The van der Waals surface area contributed by atoms with Gasteiger partial charge in [-0.25, -0.2) is 4.98 Å². The van der Waals surface area contributed by atoms with Crippen molar-refractivity contribution in [2.24, 2.45) is 0 Å². The van der Waals surface area contributed by atoms with Crippen LogP contribution in [0.25, 0.3) is 0 Å². The topological polar surface area (TPSA) is 42.0 Å². The SMILES string of the molecule is O=C(NC1CCc2ccccc2C1)c1nc(Cl)ccc1Cl. The first-order valence-electron chi connectivity index (χ1n) is 6.83. The van der Waals surface area contributed by atoms with Crippen molar-refractivity contribution in [1.29, 1.82) is 0 Å². The molecule has 1 aliphatic carbocycles. The van der Waals surface area contributed by atoms with E-state index < -0.39 is 0 Å². The van der Waals surface area contributed by atoms with Gasteiger partial charge in [-0.1, -0.05) is 47.5 Å². The molecule has 1 unspecified atom stereocenters. The fraction of sp³-hybridized carbons (Fsp3) is 0.250. The molecule has 0 bridgehead atoms. The maximum atomic E-state index is 12.3. The number of nitrogens with one attached hydrogen (secondary N) is 1. The Kier molecular flexibility index (Phi) is 4.13. The summed E-state index contributed by atoms with van der Waals surface area (Å²) in [5, 5.41) is 3.58. The predicted octanol–water partition coefficient (Wildman–Crippen LogP) is 3.68. The summed E-state index contributed by atoms with van der Waals surface area (Å²) in [5.74, 6) is -0.271. The summed E-state index contributed by atoms with van der Waals surface area (Å²) in [4.78, 5) is 16.3. The highest BCUT2D eigenvalue weighted by Crippen LogP contribution is 2.22. The van der Waals surface area contributed by atoms with E-state index in [9.17, 15) is 4.79 Å². The lowest BCUT2D eigenvalue weighted by Gasteiger charge is -2.25. The molecule has 21 heavy (non-hydrogen) atoms. The molecule has 108 valence electrons. The Morgan fingerprint density at radius 3 is 2.71 bits per heavy atom. The zero-order valence-corrected chi connectivity index (χ0v) is 12.8. The summed E-state index contributed by atoms with van der Waals surface area (Å²) in [6.45, 7) is 0. The second-order valence-corrected chi connectivity index (χ2v) is 5.94. The molecular formula is C16H14Cl2N2O. The Labute approximate surface area is 133 Å². The molecule has 1 aromatic heterocycles. The van der Waals surface area contributed by atoms with Gasteiger partial charge in [0.25, 0.3) is 5.91 Å². The van der Waals surface area contributed by atoms with E-state index in [1.807, 2.05) is 12.1 Å². The molecule has 1 amide bonds. The van der Waals surface area contributed by atoms with Gasteiger partial charge in [-0.05, 0) is 42.5 Å². The van der Waals surface area contributed by atoms with Crippen LogP contribution in [-0.4, -0.2) is 16.9 Å². The minimum atomic E-state index is -0.271. The molecule has 1 N–H and O–H groups in total. The maximum absolute atomic E-state index is 12.3. The number of carbonyl (C=O) groups is 1. The lowest BCUT2D eigenvalue weighted by molar-refractivity contribution is 0.0929. The van der Waals surface area contributed by atoms with Crippen LogP contribution >= 0.6 is 23.2 Å². The lowest BCUT2D eigenvalue weighted by atomic mass is 9.88. The summed E-state index contributed by atoms with van der Waals surface area (Å²) >= 11 is 11.8. The number of carbonyl (C=O) groups excluding carboxylic acids is 1. The number of halogens is 2. The van der Waals surface area contributed by atoms with Crippen molar-refractivity contribution in [3.63, 3.8) is 0 Å². The molecule has 1 aliphatic rings. The normalized spacial score (nSPS) is 17.1. The first kappa shape index (κ1) is 14.4. The second-order valence-electron chi connectivity index (χ2n) is 5.15. The third kappa shape index (κ3) is 3.20. The molecule has 5 heteroatoms. The van der Waals surface area contributed by atoms with Crippen LogP contribution in [0.3, 0.4) is 0 Å². The van der Waals surface area contributed by atoms with Crippen molar-refractivity contribution in [1.82, 2.24) is 10.3 Å². The molecule has 1 aromatic carbocycles. The van der Waals surface area contributed by atoms with Crippen LogP contribution in [0.5, 0.6) is 0 Å². The number of hydrogen-bond donors (Lipinski definition) is 1. The van der Waals surface area contributed by atoms with Crippen molar-refractivity contribution in [2.75, 3.05) is 0 Å². The third-order valence-corrected chi connectivity index (χ3v) is 4.22. The highest BCUT2D eigenvalue weighted by atomic mass is 35.5. The zero-order valence-electron chi connectivity index (χ0n) is 11.3. The molecule has 0 fully saturated rings. The minimum absolute atomic E-state index is 0.101. The quantitative estimate of drug-likeness (QED) is 0.858. The molecule has 3 nitrogen and oxygen atoms in total. The second kappa shape index (κ2) is 6.04. The molecule has 0 radical (unpaired) electrons. The first-order chi connectivity index (χ1) is 10.1. The lowest BCUT2D eigenvalue weighted by Crippen LogP contribution is -2.39. The minimum Gasteiger partial charge on any atom is -0.348 e. The summed E-state index contributed by atoms with van der Waals surface area (Å²) in [6.07, 6.45) is 2.72. The van der Waals surface area contributed by atoms with Gasteiger partial charge in [0.1, 0.15) is 10.8 Å². The van der Waals surface area contributed by atoms with Crippen molar-refractivity contribution >= 4 is 29.1 Å². The van der Waals surface area contributed by atoms with Gasteiger partial charge in [0, 0.05) is 6.04 Å². The van der Waals surface area contributed by atoms with Crippen LogP contribution in [0.1, 0.15) is 28.0 Å². The Balaban J connectivity index is 1.73. The van der Waals surface area contributed by atoms with Gasteiger partial charge < -0.3 is 5.32 Å². The number of amides is 1. The number of hydrogen-bond acceptors (Lipinski definition) is 2. The van der Waals surface area contributed by atoms with Crippen LogP contribution in [0.4, 0.5) is 0 Å². The number of aromatic nitrogens is 1. The van der Waals surface area contributed by atoms with Crippen molar-refractivity contribution in [2.45, 2.75) is 25.3 Å². The summed E-state index contributed by atoms with van der Waals surface area (Å²) in [6, 6.07) is 11.6. The molecule has 1 heterocycles. The monoisotopic (exact) mass is 320 g/mol. The van der Waals surface area contributed by atoms with Crippen LogP contribution in [0.15, 0.2) is 36.4 Å². The first-order valence-corrected chi connectivity index (χ1v) is 7.59. The van der Waals surface area contributed by atoms with Gasteiger partial charge >= 0.3 is 0 Å². The highest BCUT2D eigenvalue weighted by molar-refractivity contribution is 6.34. The molecule has 0 spiro atoms. The van der Waals surface area contributed by atoms with Crippen molar-refractivity contribution in [3.05, 3.63) is 63.4 Å². The summed E-state index contributed by atoms with van der Waals surface area (Å²) in [7, 11) is 0. The molecular weight excluding hydrogens is 307 g/mol. The Hall–Kier alpha value is -1.58. The van der Waals surface area contributed by atoms with E-state index in [-0.39, 0.29) is 22.8 Å². The van der Waals surface area contributed by atoms with Crippen molar-refractivity contribution < 1.29 is 4.79 Å². The number of aryl methyl sites for hydroxylation is 1. The Morgan fingerprint density at radius 2 is 1.90 bits per heavy atom. The maximum Gasteiger partial charge on any atom is 0.271 e. The summed E-state index contributed by atoms with van der Waals surface area (Å²) < 4.78 is 0. The zero-order chi connectivity index (χ0) is 14.8. The van der Waals surface area contributed by atoms with Gasteiger partial charge in [-0.3, -0.25) is 4.79 Å². The van der Waals surface area contributed by atoms with E-state index in [0.717, 1.165) is 19.3 Å². The van der Waals surface area contributed by atoms with E-state index in [0.29, 0.717) is 5.02 Å².